The molecule has 0 spiro atoms. The lowest BCUT2D eigenvalue weighted by Gasteiger charge is -2.07. The van der Waals surface area contributed by atoms with Gasteiger partial charge in [-0.2, -0.15) is 0 Å². The third-order valence-electron chi connectivity index (χ3n) is 2.54. The maximum atomic E-state index is 11.9. The van der Waals surface area contributed by atoms with E-state index in [-0.39, 0.29) is 5.12 Å². The van der Waals surface area contributed by atoms with Crippen LogP contribution in [0.4, 0.5) is 0 Å². The van der Waals surface area contributed by atoms with E-state index in [1.54, 1.807) is 11.8 Å². The molecule has 1 aromatic carbocycles. The van der Waals surface area contributed by atoms with Crippen LogP contribution < -0.4 is 4.74 Å². The molecule has 0 saturated heterocycles. The van der Waals surface area contributed by atoms with Gasteiger partial charge in [0.25, 0.3) is 0 Å². The van der Waals surface area contributed by atoms with Crippen molar-refractivity contribution < 1.29 is 9.53 Å². The van der Waals surface area contributed by atoms with E-state index in [1.807, 2.05) is 37.3 Å². The van der Waals surface area contributed by atoms with E-state index in [9.17, 15) is 4.79 Å². The molecular formula is C15H17NO2S2. The summed E-state index contributed by atoms with van der Waals surface area (Å²) in [4.78, 5) is 16.3. The second kappa shape index (κ2) is 7.55. The van der Waals surface area contributed by atoms with Crippen molar-refractivity contribution >= 4 is 39.1 Å². The van der Waals surface area contributed by atoms with E-state index < -0.39 is 0 Å². The zero-order valence-electron chi connectivity index (χ0n) is 11.6. The first kappa shape index (κ1) is 15.2. The lowest BCUT2D eigenvalue weighted by molar-refractivity contribution is -0.107. The van der Waals surface area contributed by atoms with Crippen molar-refractivity contribution in [2.75, 3.05) is 12.4 Å². The van der Waals surface area contributed by atoms with Gasteiger partial charge in [0, 0.05) is 5.56 Å². The molecule has 0 amide bonds. The van der Waals surface area contributed by atoms with Gasteiger partial charge in [-0.1, -0.05) is 43.8 Å². The standard InChI is InChI=1S/C15H17NO2S2/c1-3-9-18-13-8-6-5-7-11(13)10-12-14(17)20-15(16-12)19-4-2/h5-8,10H,3-4,9H2,1-2H3/b12-10+. The summed E-state index contributed by atoms with van der Waals surface area (Å²) in [6.45, 7) is 4.79. The molecular weight excluding hydrogens is 290 g/mol. The molecule has 0 fully saturated rings. The number of benzene rings is 1. The number of carbonyl (C=O) groups is 1. The number of hydrogen-bond donors (Lipinski definition) is 0. The highest BCUT2D eigenvalue weighted by molar-refractivity contribution is 8.45. The van der Waals surface area contributed by atoms with Crippen molar-refractivity contribution in [1.82, 2.24) is 0 Å². The summed E-state index contributed by atoms with van der Waals surface area (Å²) in [5, 5.41) is 0.00578. The van der Waals surface area contributed by atoms with Gasteiger partial charge in [0.15, 0.2) is 0 Å². The van der Waals surface area contributed by atoms with Crippen LogP contribution in [0.1, 0.15) is 25.8 Å². The summed E-state index contributed by atoms with van der Waals surface area (Å²) in [5.41, 5.74) is 1.40. The molecule has 0 aliphatic carbocycles. The number of ether oxygens (including phenoxy) is 1. The fourth-order valence-corrected chi connectivity index (χ4v) is 3.40. The number of rotatable bonds is 5. The van der Waals surface area contributed by atoms with Gasteiger partial charge in [0.05, 0.1) is 6.61 Å². The van der Waals surface area contributed by atoms with Crippen molar-refractivity contribution in [3.8, 4) is 5.75 Å². The minimum Gasteiger partial charge on any atom is -0.493 e. The Balaban J connectivity index is 2.24. The molecule has 0 unspecified atom stereocenters. The lowest BCUT2D eigenvalue weighted by Crippen LogP contribution is -1.97. The first-order valence-electron chi connectivity index (χ1n) is 6.61. The van der Waals surface area contributed by atoms with Crippen molar-refractivity contribution in [3.63, 3.8) is 0 Å². The van der Waals surface area contributed by atoms with Gasteiger partial charge in [-0.15, -0.1) is 0 Å². The zero-order valence-corrected chi connectivity index (χ0v) is 13.2. The van der Waals surface area contributed by atoms with Gasteiger partial charge < -0.3 is 4.74 Å². The summed E-state index contributed by atoms with van der Waals surface area (Å²) >= 11 is 2.80. The van der Waals surface area contributed by atoms with Gasteiger partial charge in [-0.3, -0.25) is 4.79 Å². The normalized spacial score (nSPS) is 16.6. The molecule has 1 heterocycles. The quantitative estimate of drug-likeness (QED) is 0.764. The molecule has 0 aromatic heterocycles. The smallest absolute Gasteiger partial charge is 0.244 e. The van der Waals surface area contributed by atoms with Crippen LogP contribution in [-0.2, 0) is 4.79 Å². The van der Waals surface area contributed by atoms with Gasteiger partial charge in [-0.25, -0.2) is 4.99 Å². The Morgan fingerprint density at radius 2 is 2.15 bits per heavy atom. The van der Waals surface area contributed by atoms with Crippen LogP contribution in [0.15, 0.2) is 35.0 Å². The molecule has 3 nitrogen and oxygen atoms in total. The van der Waals surface area contributed by atoms with Crippen molar-refractivity contribution in [2.24, 2.45) is 4.99 Å². The average Bonchev–Trinajstić information content (AvgIpc) is 2.78. The van der Waals surface area contributed by atoms with Crippen molar-refractivity contribution in [1.29, 1.82) is 0 Å². The molecule has 20 heavy (non-hydrogen) atoms. The fraction of sp³-hybridized carbons (Fsp3) is 0.333. The Kier molecular flexibility index (Phi) is 5.73. The minimum atomic E-state index is 0.00578. The fourth-order valence-electron chi connectivity index (χ4n) is 1.67. The second-order valence-corrected chi connectivity index (χ2v) is 6.59. The zero-order chi connectivity index (χ0) is 14.4. The van der Waals surface area contributed by atoms with E-state index in [0.717, 1.165) is 27.9 Å². The Labute approximate surface area is 127 Å². The number of thioether (sulfide) groups is 2. The average molecular weight is 307 g/mol. The van der Waals surface area contributed by atoms with E-state index in [4.69, 9.17) is 4.74 Å². The van der Waals surface area contributed by atoms with Crippen LogP contribution in [0.25, 0.3) is 6.08 Å². The van der Waals surface area contributed by atoms with Crippen LogP contribution in [0.2, 0.25) is 0 Å². The number of aliphatic imine (C=N–C) groups is 1. The van der Waals surface area contributed by atoms with Gasteiger partial charge in [0.1, 0.15) is 15.8 Å². The second-order valence-electron chi connectivity index (χ2n) is 4.12. The predicted molar refractivity (Wildman–Crippen MR) is 88.4 cm³/mol. The summed E-state index contributed by atoms with van der Waals surface area (Å²) < 4.78 is 6.52. The molecule has 0 saturated carbocycles. The summed E-state index contributed by atoms with van der Waals surface area (Å²) in [6.07, 6.45) is 2.76. The molecule has 0 bridgehead atoms. The summed E-state index contributed by atoms with van der Waals surface area (Å²) in [7, 11) is 0. The van der Waals surface area contributed by atoms with Crippen molar-refractivity contribution in [2.45, 2.75) is 20.3 Å². The molecule has 0 N–H and O–H groups in total. The molecule has 0 atom stereocenters. The van der Waals surface area contributed by atoms with E-state index in [2.05, 4.69) is 11.9 Å². The molecule has 2 rings (SSSR count). The van der Waals surface area contributed by atoms with Crippen LogP contribution >= 0.6 is 23.5 Å². The highest BCUT2D eigenvalue weighted by atomic mass is 32.2. The summed E-state index contributed by atoms with van der Waals surface area (Å²) in [6, 6.07) is 7.72. The van der Waals surface area contributed by atoms with Crippen LogP contribution in [0.5, 0.6) is 5.75 Å². The van der Waals surface area contributed by atoms with Crippen LogP contribution in [0.3, 0.4) is 0 Å². The number of nitrogens with zero attached hydrogens (tertiary/aromatic N) is 1. The molecule has 106 valence electrons. The Morgan fingerprint density at radius 1 is 1.35 bits per heavy atom. The third-order valence-corrected chi connectivity index (χ3v) is 4.43. The Bertz CT molecular complexity index is 553. The lowest BCUT2D eigenvalue weighted by atomic mass is 10.1. The molecule has 1 aliphatic heterocycles. The summed E-state index contributed by atoms with van der Waals surface area (Å²) in [5.74, 6) is 1.72. The molecule has 0 radical (unpaired) electrons. The maximum Gasteiger partial charge on any atom is 0.244 e. The first-order valence-corrected chi connectivity index (χ1v) is 8.42. The van der Waals surface area contributed by atoms with Gasteiger partial charge in [-0.05, 0) is 36.1 Å². The van der Waals surface area contributed by atoms with Crippen LogP contribution in [0, 0.1) is 0 Å². The monoisotopic (exact) mass is 307 g/mol. The SMILES string of the molecule is CCCOc1ccccc1/C=C1/N=C(SCC)SC1=O. The number of hydrogen-bond acceptors (Lipinski definition) is 5. The highest BCUT2D eigenvalue weighted by Crippen LogP contribution is 2.32. The van der Waals surface area contributed by atoms with E-state index in [0.29, 0.717) is 12.3 Å². The third kappa shape index (κ3) is 3.90. The van der Waals surface area contributed by atoms with E-state index in [1.165, 1.54) is 11.8 Å². The van der Waals surface area contributed by atoms with E-state index >= 15 is 0 Å². The number of carbonyl (C=O) groups excluding carboxylic acids is 1. The molecule has 1 aliphatic rings. The molecule has 5 heteroatoms. The van der Waals surface area contributed by atoms with Gasteiger partial charge in [0.2, 0.25) is 5.12 Å². The van der Waals surface area contributed by atoms with Crippen molar-refractivity contribution in [3.05, 3.63) is 35.5 Å². The Hall–Kier alpha value is -1.20. The Morgan fingerprint density at radius 3 is 2.90 bits per heavy atom. The van der Waals surface area contributed by atoms with Crippen LogP contribution in [-0.4, -0.2) is 21.9 Å². The first-order chi connectivity index (χ1) is 9.74. The number of para-hydroxylation sites is 1. The highest BCUT2D eigenvalue weighted by Gasteiger charge is 2.22. The maximum absolute atomic E-state index is 11.9. The van der Waals surface area contributed by atoms with Gasteiger partial charge >= 0.3 is 0 Å². The molecule has 1 aromatic rings. The largest absolute Gasteiger partial charge is 0.493 e. The minimum absolute atomic E-state index is 0.00578. The topological polar surface area (TPSA) is 38.7 Å². The predicted octanol–water partition coefficient (Wildman–Crippen LogP) is 4.20.